The average Bonchev–Trinajstić information content (AvgIpc) is 2.05. The lowest BCUT2D eigenvalue weighted by molar-refractivity contribution is 0.672. The Morgan fingerprint density at radius 1 is 1.60 bits per heavy atom. The predicted octanol–water partition coefficient (Wildman–Crippen LogP) is 1.39. The smallest absolute Gasteiger partial charge is 0.0692 e. The van der Waals surface area contributed by atoms with Crippen molar-refractivity contribution in [3.63, 3.8) is 0 Å². The van der Waals surface area contributed by atoms with Crippen LogP contribution in [0.5, 0.6) is 0 Å². The summed E-state index contributed by atoms with van der Waals surface area (Å²) in [6, 6.07) is 1.90. The summed E-state index contributed by atoms with van der Waals surface area (Å²) >= 11 is 0. The first-order chi connectivity index (χ1) is 4.84. The molecule has 0 aliphatic heterocycles. The third-order valence-electron chi connectivity index (χ3n) is 1.64. The Balaban J connectivity index is 2.75. The quantitative estimate of drug-likeness (QED) is 0.618. The van der Waals surface area contributed by atoms with Crippen LogP contribution >= 0.6 is 0 Å². The first-order valence-corrected chi connectivity index (χ1v) is 3.49. The van der Waals surface area contributed by atoms with Gasteiger partial charge in [0.25, 0.3) is 0 Å². The van der Waals surface area contributed by atoms with Gasteiger partial charge in [0.15, 0.2) is 0 Å². The highest BCUT2D eigenvalue weighted by atomic mass is 15.3. The van der Waals surface area contributed by atoms with Crippen LogP contribution in [-0.2, 0) is 0 Å². The molecular weight excluding hydrogens is 126 g/mol. The first-order valence-electron chi connectivity index (χ1n) is 3.49. The van der Waals surface area contributed by atoms with Gasteiger partial charge in [-0.1, -0.05) is 13.8 Å². The van der Waals surface area contributed by atoms with E-state index in [2.05, 4.69) is 29.3 Å². The van der Waals surface area contributed by atoms with Gasteiger partial charge in [0, 0.05) is 5.92 Å². The van der Waals surface area contributed by atoms with Gasteiger partial charge in [-0.05, 0) is 17.7 Å². The molecular formula is C7H11N3. The van der Waals surface area contributed by atoms with E-state index in [0.717, 1.165) is 12.1 Å². The Morgan fingerprint density at radius 2 is 2.40 bits per heavy atom. The second-order valence-electron chi connectivity index (χ2n) is 2.35. The van der Waals surface area contributed by atoms with Crippen molar-refractivity contribution in [1.82, 2.24) is 15.4 Å². The normalized spacial score (nSPS) is 13.0. The number of hydrogen-bond donors (Lipinski definition) is 0. The maximum Gasteiger partial charge on any atom is 0.0692 e. The molecule has 0 bridgehead atoms. The van der Waals surface area contributed by atoms with Crippen molar-refractivity contribution >= 4 is 0 Å². The van der Waals surface area contributed by atoms with Gasteiger partial charge in [-0.2, -0.15) is 0 Å². The van der Waals surface area contributed by atoms with Crippen molar-refractivity contribution in [3.8, 4) is 0 Å². The average molecular weight is 137 g/mol. The summed E-state index contributed by atoms with van der Waals surface area (Å²) in [6.45, 7) is 4.26. The fourth-order valence-electron chi connectivity index (χ4n) is 0.722. The maximum atomic E-state index is 3.89. The van der Waals surface area contributed by atoms with Crippen molar-refractivity contribution in [3.05, 3.63) is 18.0 Å². The monoisotopic (exact) mass is 137 g/mol. The topological polar surface area (TPSA) is 38.7 Å². The molecule has 0 fully saturated rings. The Morgan fingerprint density at radius 3 is 2.90 bits per heavy atom. The zero-order valence-electron chi connectivity index (χ0n) is 6.28. The second kappa shape index (κ2) is 3.25. The van der Waals surface area contributed by atoms with E-state index in [4.69, 9.17) is 0 Å². The minimum atomic E-state index is 0.496. The van der Waals surface area contributed by atoms with Crippen LogP contribution in [-0.4, -0.2) is 15.4 Å². The summed E-state index contributed by atoms with van der Waals surface area (Å²) in [6.07, 6.45) is 2.77. The van der Waals surface area contributed by atoms with Crippen LogP contribution in [0, 0.1) is 0 Å². The molecule has 54 valence electrons. The predicted molar refractivity (Wildman–Crippen MR) is 38.5 cm³/mol. The van der Waals surface area contributed by atoms with E-state index in [1.807, 2.05) is 6.07 Å². The molecule has 0 aromatic carbocycles. The van der Waals surface area contributed by atoms with E-state index < -0.39 is 0 Å². The van der Waals surface area contributed by atoms with Crippen molar-refractivity contribution in [2.24, 2.45) is 0 Å². The van der Waals surface area contributed by atoms with Gasteiger partial charge in [-0.3, -0.25) is 0 Å². The molecule has 3 nitrogen and oxygen atoms in total. The summed E-state index contributed by atoms with van der Waals surface area (Å²) < 4.78 is 0. The van der Waals surface area contributed by atoms with Crippen LogP contribution in [0.15, 0.2) is 12.3 Å². The van der Waals surface area contributed by atoms with Gasteiger partial charge in [-0.15, -0.1) is 10.2 Å². The van der Waals surface area contributed by atoms with Crippen LogP contribution in [0.4, 0.5) is 0 Å². The molecule has 0 saturated heterocycles. The molecule has 0 spiro atoms. The van der Waals surface area contributed by atoms with E-state index in [-0.39, 0.29) is 0 Å². The van der Waals surface area contributed by atoms with Gasteiger partial charge < -0.3 is 0 Å². The molecule has 1 aromatic heterocycles. The zero-order valence-corrected chi connectivity index (χ0v) is 6.28. The molecule has 0 amide bonds. The third-order valence-corrected chi connectivity index (χ3v) is 1.64. The lowest BCUT2D eigenvalue weighted by atomic mass is 10.1. The lowest BCUT2D eigenvalue weighted by Crippen LogP contribution is -1.97. The molecule has 1 heterocycles. The van der Waals surface area contributed by atoms with Gasteiger partial charge in [0.2, 0.25) is 0 Å². The van der Waals surface area contributed by atoms with E-state index >= 15 is 0 Å². The zero-order chi connectivity index (χ0) is 7.40. The van der Waals surface area contributed by atoms with Gasteiger partial charge in [0.05, 0.1) is 11.9 Å². The van der Waals surface area contributed by atoms with Crippen LogP contribution < -0.4 is 0 Å². The van der Waals surface area contributed by atoms with Crippen LogP contribution in [0.3, 0.4) is 0 Å². The standard InChI is InChI=1S/C7H11N3/c1-3-6(2)7-4-5-8-10-9-7/h4-6H,3H2,1-2H3. The molecule has 0 saturated carbocycles. The van der Waals surface area contributed by atoms with Crippen molar-refractivity contribution < 1.29 is 0 Å². The fourth-order valence-corrected chi connectivity index (χ4v) is 0.722. The molecule has 0 radical (unpaired) electrons. The fraction of sp³-hybridized carbons (Fsp3) is 0.571. The number of nitrogens with zero attached hydrogens (tertiary/aromatic N) is 3. The van der Waals surface area contributed by atoms with E-state index in [0.29, 0.717) is 5.92 Å². The largest absolute Gasteiger partial charge is 0.139 e. The highest BCUT2D eigenvalue weighted by molar-refractivity contribution is 5.01. The van der Waals surface area contributed by atoms with Gasteiger partial charge in [0.1, 0.15) is 0 Å². The summed E-state index contributed by atoms with van der Waals surface area (Å²) in [5, 5.41) is 11.0. The molecule has 3 heteroatoms. The Labute approximate surface area is 60.5 Å². The van der Waals surface area contributed by atoms with Crippen LogP contribution in [0.2, 0.25) is 0 Å². The SMILES string of the molecule is CCC(C)c1ccnnn1. The molecule has 10 heavy (non-hydrogen) atoms. The number of aromatic nitrogens is 3. The molecule has 1 rings (SSSR count). The maximum absolute atomic E-state index is 3.89. The molecule has 1 aromatic rings. The number of rotatable bonds is 2. The van der Waals surface area contributed by atoms with Crippen molar-refractivity contribution in [1.29, 1.82) is 0 Å². The summed E-state index contributed by atoms with van der Waals surface area (Å²) in [5.74, 6) is 0.496. The summed E-state index contributed by atoms with van der Waals surface area (Å²) in [5.41, 5.74) is 1.03. The highest BCUT2D eigenvalue weighted by Crippen LogP contribution is 2.13. The molecule has 1 atom stereocenters. The Bertz CT molecular complexity index is 185. The van der Waals surface area contributed by atoms with Crippen molar-refractivity contribution in [2.75, 3.05) is 0 Å². The number of hydrogen-bond acceptors (Lipinski definition) is 3. The molecule has 0 aliphatic carbocycles. The molecule has 0 N–H and O–H groups in total. The second-order valence-corrected chi connectivity index (χ2v) is 2.35. The minimum absolute atomic E-state index is 0.496. The van der Waals surface area contributed by atoms with E-state index in [1.54, 1.807) is 6.20 Å². The van der Waals surface area contributed by atoms with E-state index in [1.165, 1.54) is 0 Å². The summed E-state index contributed by atoms with van der Waals surface area (Å²) in [4.78, 5) is 0. The van der Waals surface area contributed by atoms with Crippen LogP contribution in [0.1, 0.15) is 31.9 Å². The van der Waals surface area contributed by atoms with E-state index in [9.17, 15) is 0 Å². The third kappa shape index (κ3) is 1.50. The molecule has 1 unspecified atom stereocenters. The minimum Gasteiger partial charge on any atom is -0.139 e. The highest BCUT2D eigenvalue weighted by Gasteiger charge is 2.02. The van der Waals surface area contributed by atoms with Gasteiger partial charge in [-0.25, -0.2) is 0 Å². The Kier molecular flexibility index (Phi) is 2.31. The summed E-state index contributed by atoms with van der Waals surface area (Å²) in [7, 11) is 0. The first kappa shape index (κ1) is 7.12. The Hall–Kier alpha value is -0.990. The van der Waals surface area contributed by atoms with Crippen molar-refractivity contribution in [2.45, 2.75) is 26.2 Å². The lowest BCUT2D eigenvalue weighted by Gasteiger charge is -2.03. The van der Waals surface area contributed by atoms with Crippen LogP contribution in [0.25, 0.3) is 0 Å². The molecule has 0 aliphatic rings. The van der Waals surface area contributed by atoms with Gasteiger partial charge >= 0.3 is 0 Å².